The van der Waals surface area contributed by atoms with Crippen LogP contribution in [0.5, 0.6) is 5.75 Å². The van der Waals surface area contributed by atoms with E-state index in [1.54, 1.807) is 23.1 Å². The van der Waals surface area contributed by atoms with Gasteiger partial charge in [0.1, 0.15) is 5.75 Å². The number of halogens is 1. The first-order valence-corrected chi connectivity index (χ1v) is 8.75. The maximum atomic E-state index is 12.0. The van der Waals surface area contributed by atoms with Crippen LogP contribution in [-0.4, -0.2) is 31.5 Å². The SMILES string of the molecule is CC(=O)N(CCNC(=O)COc1ccc(C)cc1)c1ccc(Cl)cc1C. The van der Waals surface area contributed by atoms with Gasteiger partial charge in [-0.05, 0) is 49.7 Å². The van der Waals surface area contributed by atoms with Crippen molar-refractivity contribution in [2.45, 2.75) is 20.8 Å². The molecule has 0 unspecified atom stereocenters. The maximum Gasteiger partial charge on any atom is 0.258 e. The second-order valence-corrected chi connectivity index (χ2v) is 6.49. The van der Waals surface area contributed by atoms with E-state index in [4.69, 9.17) is 16.3 Å². The number of amides is 2. The molecule has 2 aromatic rings. The molecular weight excluding hydrogens is 352 g/mol. The van der Waals surface area contributed by atoms with Crippen LogP contribution in [0.3, 0.4) is 0 Å². The number of carbonyl (C=O) groups is 2. The molecule has 2 amide bonds. The van der Waals surface area contributed by atoms with Gasteiger partial charge in [-0.2, -0.15) is 0 Å². The van der Waals surface area contributed by atoms with E-state index in [1.807, 2.05) is 38.1 Å². The van der Waals surface area contributed by atoms with Crippen molar-refractivity contribution in [2.75, 3.05) is 24.6 Å². The number of ether oxygens (including phenoxy) is 1. The lowest BCUT2D eigenvalue weighted by Gasteiger charge is -2.23. The van der Waals surface area contributed by atoms with Crippen molar-refractivity contribution in [2.24, 2.45) is 0 Å². The van der Waals surface area contributed by atoms with Crippen LogP contribution in [0.25, 0.3) is 0 Å². The summed E-state index contributed by atoms with van der Waals surface area (Å²) in [6, 6.07) is 12.8. The lowest BCUT2D eigenvalue weighted by Crippen LogP contribution is -2.39. The van der Waals surface area contributed by atoms with Crippen LogP contribution in [0.15, 0.2) is 42.5 Å². The van der Waals surface area contributed by atoms with Crippen LogP contribution in [0.1, 0.15) is 18.1 Å². The Morgan fingerprint density at radius 2 is 1.81 bits per heavy atom. The van der Waals surface area contributed by atoms with Crippen molar-refractivity contribution in [3.63, 3.8) is 0 Å². The van der Waals surface area contributed by atoms with Crippen molar-refractivity contribution in [1.82, 2.24) is 5.32 Å². The number of hydrogen-bond donors (Lipinski definition) is 1. The molecule has 0 saturated heterocycles. The Bertz CT molecular complexity index is 775. The smallest absolute Gasteiger partial charge is 0.258 e. The number of nitrogens with zero attached hydrogens (tertiary/aromatic N) is 1. The molecule has 0 aliphatic carbocycles. The number of hydrogen-bond acceptors (Lipinski definition) is 3. The van der Waals surface area contributed by atoms with Crippen LogP contribution in [-0.2, 0) is 9.59 Å². The zero-order chi connectivity index (χ0) is 19.1. The van der Waals surface area contributed by atoms with Crippen LogP contribution in [0.2, 0.25) is 5.02 Å². The van der Waals surface area contributed by atoms with E-state index < -0.39 is 0 Å². The highest BCUT2D eigenvalue weighted by atomic mass is 35.5. The van der Waals surface area contributed by atoms with E-state index in [2.05, 4.69) is 5.32 Å². The summed E-state index contributed by atoms with van der Waals surface area (Å²) in [5.41, 5.74) is 2.82. The molecule has 6 heteroatoms. The molecule has 26 heavy (non-hydrogen) atoms. The quantitative estimate of drug-likeness (QED) is 0.806. The number of anilines is 1. The lowest BCUT2D eigenvalue weighted by molar-refractivity contribution is -0.123. The van der Waals surface area contributed by atoms with E-state index >= 15 is 0 Å². The van der Waals surface area contributed by atoms with Crippen LogP contribution < -0.4 is 15.0 Å². The highest BCUT2D eigenvalue weighted by molar-refractivity contribution is 6.30. The number of nitrogens with one attached hydrogen (secondary N) is 1. The third-order valence-electron chi connectivity index (χ3n) is 3.88. The molecule has 0 aliphatic heterocycles. The number of aryl methyl sites for hydroxylation is 2. The van der Waals surface area contributed by atoms with Gasteiger partial charge in [0.25, 0.3) is 5.91 Å². The molecule has 2 aromatic carbocycles. The molecule has 0 bridgehead atoms. The third kappa shape index (κ3) is 5.77. The predicted molar refractivity (Wildman–Crippen MR) is 104 cm³/mol. The molecule has 2 rings (SSSR count). The normalized spacial score (nSPS) is 10.3. The van der Waals surface area contributed by atoms with E-state index in [0.717, 1.165) is 16.8 Å². The van der Waals surface area contributed by atoms with Gasteiger partial charge in [0.15, 0.2) is 6.61 Å². The molecule has 138 valence electrons. The minimum atomic E-state index is -0.234. The summed E-state index contributed by atoms with van der Waals surface area (Å²) in [7, 11) is 0. The van der Waals surface area contributed by atoms with Gasteiger partial charge in [0.05, 0.1) is 0 Å². The largest absolute Gasteiger partial charge is 0.484 e. The topological polar surface area (TPSA) is 58.6 Å². The number of rotatable bonds is 7. The fourth-order valence-electron chi connectivity index (χ4n) is 2.51. The Hall–Kier alpha value is -2.53. The van der Waals surface area contributed by atoms with Gasteiger partial charge in [-0.1, -0.05) is 29.3 Å². The van der Waals surface area contributed by atoms with Gasteiger partial charge in [-0.3, -0.25) is 9.59 Å². The summed E-state index contributed by atoms with van der Waals surface area (Å²) >= 11 is 5.97. The Morgan fingerprint density at radius 1 is 1.12 bits per heavy atom. The van der Waals surface area contributed by atoms with Crippen molar-refractivity contribution >= 4 is 29.1 Å². The van der Waals surface area contributed by atoms with Crippen LogP contribution in [0.4, 0.5) is 5.69 Å². The Kier molecular flexibility index (Phi) is 7.04. The van der Waals surface area contributed by atoms with Gasteiger partial charge < -0.3 is 15.0 Å². The van der Waals surface area contributed by atoms with Crippen LogP contribution >= 0.6 is 11.6 Å². The average Bonchev–Trinajstić information content (AvgIpc) is 2.59. The first-order valence-electron chi connectivity index (χ1n) is 8.37. The van der Waals surface area contributed by atoms with Gasteiger partial charge in [0.2, 0.25) is 5.91 Å². The molecule has 0 atom stereocenters. The minimum absolute atomic E-state index is 0.0664. The fraction of sp³-hybridized carbons (Fsp3) is 0.300. The zero-order valence-electron chi connectivity index (χ0n) is 15.2. The first-order chi connectivity index (χ1) is 12.4. The molecular formula is C20H23ClN2O3. The summed E-state index contributed by atoms with van der Waals surface area (Å²) in [6.45, 7) is 6.01. The van der Waals surface area contributed by atoms with Crippen molar-refractivity contribution in [3.05, 3.63) is 58.6 Å². The van der Waals surface area contributed by atoms with Crippen molar-refractivity contribution in [1.29, 1.82) is 0 Å². The highest BCUT2D eigenvalue weighted by Gasteiger charge is 2.14. The molecule has 0 radical (unpaired) electrons. The molecule has 0 aliphatic rings. The van der Waals surface area contributed by atoms with Crippen LogP contribution in [0, 0.1) is 13.8 Å². The molecule has 0 fully saturated rings. The minimum Gasteiger partial charge on any atom is -0.484 e. The van der Waals surface area contributed by atoms with Gasteiger partial charge in [0, 0.05) is 30.7 Å². The summed E-state index contributed by atoms with van der Waals surface area (Å²) in [5.74, 6) is 0.315. The van der Waals surface area contributed by atoms with Gasteiger partial charge >= 0.3 is 0 Å². The molecule has 0 heterocycles. The second kappa shape index (κ2) is 9.25. The van der Waals surface area contributed by atoms with E-state index in [1.165, 1.54) is 6.92 Å². The predicted octanol–water partition coefficient (Wildman–Crippen LogP) is 3.50. The van der Waals surface area contributed by atoms with E-state index in [9.17, 15) is 9.59 Å². The average molecular weight is 375 g/mol. The Morgan fingerprint density at radius 3 is 2.42 bits per heavy atom. The fourth-order valence-corrected chi connectivity index (χ4v) is 2.74. The third-order valence-corrected chi connectivity index (χ3v) is 4.11. The summed E-state index contributed by atoms with van der Waals surface area (Å²) < 4.78 is 5.44. The van der Waals surface area contributed by atoms with Gasteiger partial charge in [-0.25, -0.2) is 0 Å². The zero-order valence-corrected chi connectivity index (χ0v) is 16.0. The summed E-state index contributed by atoms with van der Waals surface area (Å²) in [4.78, 5) is 25.5. The molecule has 0 saturated carbocycles. The number of benzene rings is 2. The highest BCUT2D eigenvalue weighted by Crippen LogP contribution is 2.23. The molecule has 0 aromatic heterocycles. The number of carbonyl (C=O) groups excluding carboxylic acids is 2. The first kappa shape index (κ1) is 19.8. The standard InChI is InChI=1S/C20H23ClN2O3/c1-14-4-7-18(8-5-14)26-13-20(25)22-10-11-23(16(3)24)19-9-6-17(21)12-15(19)2/h4-9,12H,10-11,13H2,1-3H3,(H,22,25). The van der Waals surface area contributed by atoms with Crippen molar-refractivity contribution < 1.29 is 14.3 Å². The van der Waals surface area contributed by atoms with E-state index in [-0.39, 0.29) is 18.4 Å². The van der Waals surface area contributed by atoms with E-state index in [0.29, 0.717) is 23.9 Å². The Labute approximate surface area is 158 Å². The lowest BCUT2D eigenvalue weighted by atomic mass is 10.2. The van der Waals surface area contributed by atoms with Gasteiger partial charge in [-0.15, -0.1) is 0 Å². The molecule has 1 N–H and O–H groups in total. The molecule has 0 spiro atoms. The summed E-state index contributed by atoms with van der Waals surface area (Å²) in [6.07, 6.45) is 0. The second-order valence-electron chi connectivity index (χ2n) is 6.05. The maximum absolute atomic E-state index is 12.0. The summed E-state index contributed by atoms with van der Waals surface area (Å²) in [5, 5.41) is 3.39. The monoisotopic (exact) mass is 374 g/mol. The molecule has 5 nitrogen and oxygen atoms in total. The Balaban J connectivity index is 1.84. The van der Waals surface area contributed by atoms with Crippen molar-refractivity contribution in [3.8, 4) is 5.75 Å².